The van der Waals surface area contributed by atoms with E-state index < -0.39 is 0 Å². The minimum Gasteiger partial charge on any atom is -0.391 e. The van der Waals surface area contributed by atoms with E-state index in [0.717, 1.165) is 19.7 Å². The molecule has 3 heteroatoms. The van der Waals surface area contributed by atoms with Crippen molar-refractivity contribution < 1.29 is 9.84 Å². The second-order valence-electron chi connectivity index (χ2n) is 5.63. The third-order valence-corrected chi connectivity index (χ3v) is 3.27. The van der Waals surface area contributed by atoms with Crippen molar-refractivity contribution in [3.8, 4) is 0 Å². The van der Waals surface area contributed by atoms with Gasteiger partial charge in [0.25, 0.3) is 0 Å². The van der Waals surface area contributed by atoms with Gasteiger partial charge in [0.1, 0.15) is 0 Å². The molecule has 0 aromatic rings. The Bertz CT molecular complexity index is 189. The van der Waals surface area contributed by atoms with Gasteiger partial charge in [0.05, 0.1) is 12.7 Å². The lowest BCUT2D eigenvalue weighted by Gasteiger charge is -2.32. The number of aliphatic hydroxyl groups is 1. The van der Waals surface area contributed by atoms with Crippen LogP contribution in [0.3, 0.4) is 0 Å². The molecule has 0 radical (unpaired) electrons. The van der Waals surface area contributed by atoms with Crippen molar-refractivity contribution in [2.45, 2.75) is 45.8 Å². The van der Waals surface area contributed by atoms with E-state index in [0.29, 0.717) is 6.04 Å². The number of β-amino-alcohol motifs (C(OH)–C–C–N with tert-alkyl or cyclic N) is 1. The molecule has 0 aromatic heterocycles. The van der Waals surface area contributed by atoms with E-state index in [-0.39, 0.29) is 11.5 Å². The Morgan fingerprint density at radius 3 is 2.67 bits per heavy atom. The van der Waals surface area contributed by atoms with Crippen molar-refractivity contribution >= 4 is 0 Å². The monoisotopic (exact) mass is 215 g/mol. The Labute approximate surface area is 93.4 Å². The molecule has 0 saturated carbocycles. The van der Waals surface area contributed by atoms with Crippen LogP contribution in [0.4, 0.5) is 0 Å². The molecule has 1 rings (SSSR count). The van der Waals surface area contributed by atoms with Crippen molar-refractivity contribution in [3.63, 3.8) is 0 Å². The zero-order valence-corrected chi connectivity index (χ0v) is 10.5. The predicted octanol–water partition coefficient (Wildman–Crippen LogP) is 1.50. The third-order valence-electron chi connectivity index (χ3n) is 3.27. The average molecular weight is 215 g/mol. The van der Waals surface area contributed by atoms with Crippen LogP contribution < -0.4 is 0 Å². The van der Waals surface area contributed by atoms with Crippen LogP contribution in [0.5, 0.6) is 0 Å². The minimum atomic E-state index is -0.255. The first-order chi connectivity index (χ1) is 6.95. The van der Waals surface area contributed by atoms with Gasteiger partial charge in [-0.2, -0.15) is 0 Å². The van der Waals surface area contributed by atoms with Crippen molar-refractivity contribution in [2.24, 2.45) is 5.41 Å². The van der Waals surface area contributed by atoms with Gasteiger partial charge in [0, 0.05) is 19.7 Å². The molecular formula is C12H25NO2. The second-order valence-corrected chi connectivity index (χ2v) is 5.63. The van der Waals surface area contributed by atoms with Gasteiger partial charge in [-0.15, -0.1) is 0 Å². The van der Waals surface area contributed by atoms with Gasteiger partial charge in [0.15, 0.2) is 0 Å². The number of nitrogens with zero attached hydrogens (tertiary/aromatic N) is 1. The summed E-state index contributed by atoms with van der Waals surface area (Å²) in [6.45, 7) is 8.91. The lowest BCUT2D eigenvalue weighted by molar-refractivity contribution is 0.0140. The van der Waals surface area contributed by atoms with Crippen LogP contribution in [0.1, 0.15) is 33.6 Å². The number of methoxy groups -OCH3 is 1. The van der Waals surface area contributed by atoms with Crippen LogP contribution in [0.25, 0.3) is 0 Å². The highest BCUT2D eigenvalue weighted by atomic mass is 16.5. The van der Waals surface area contributed by atoms with Gasteiger partial charge in [0.2, 0.25) is 0 Å². The molecule has 1 N–H and O–H groups in total. The Kier molecular flexibility index (Phi) is 4.56. The topological polar surface area (TPSA) is 32.7 Å². The SMILES string of the molecule is COC[C@@H]1CCCN1C[C@@H](O)C(C)(C)C. The second kappa shape index (κ2) is 5.28. The average Bonchev–Trinajstić information content (AvgIpc) is 2.52. The minimum absolute atomic E-state index is 0.0276. The van der Waals surface area contributed by atoms with E-state index in [4.69, 9.17) is 4.74 Å². The smallest absolute Gasteiger partial charge is 0.0715 e. The first kappa shape index (κ1) is 12.9. The highest BCUT2D eigenvalue weighted by molar-refractivity contribution is 4.84. The number of hydrogen-bond acceptors (Lipinski definition) is 3. The number of ether oxygens (including phenoxy) is 1. The van der Waals surface area contributed by atoms with E-state index in [1.165, 1.54) is 12.8 Å². The van der Waals surface area contributed by atoms with Crippen molar-refractivity contribution in [1.82, 2.24) is 4.90 Å². The lowest BCUT2D eigenvalue weighted by atomic mass is 9.89. The van der Waals surface area contributed by atoms with Crippen LogP contribution >= 0.6 is 0 Å². The summed E-state index contributed by atoms with van der Waals surface area (Å²) in [6.07, 6.45) is 2.17. The number of rotatable bonds is 4. The molecule has 2 atom stereocenters. The molecule has 0 amide bonds. The fourth-order valence-electron chi connectivity index (χ4n) is 2.01. The van der Waals surface area contributed by atoms with Crippen LogP contribution in [0.2, 0.25) is 0 Å². The maximum atomic E-state index is 10.0. The van der Waals surface area contributed by atoms with Crippen LogP contribution in [-0.2, 0) is 4.74 Å². The van der Waals surface area contributed by atoms with Gasteiger partial charge in [-0.05, 0) is 24.8 Å². The number of likely N-dealkylation sites (tertiary alicyclic amines) is 1. The zero-order valence-electron chi connectivity index (χ0n) is 10.5. The summed E-state index contributed by atoms with van der Waals surface area (Å²) in [5.74, 6) is 0. The molecule has 0 spiro atoms. The van der Waals surface area contributed by atoms with Crippen LogP contribution in [-0.4, -0.2) is 49.0 Å². The summed E-state index contributed by atoms with van der Waals surface area (Å²) in [5, 5.41) is 10.0. The standard InChI is InChI=1S/C12H25NO2/c1-12(2,3)11(14)8-13-7-5-6-10(13)9-15-4/h10-11,14H,5-9H2,1-4H3/t10-,11+/m0/s1. The third kappa shape index (κ3) is 3.74. The molecule has 1 heterocycles. The highest BCUT2D eigenvalue weighted by Gasteiger charge is 2.30. The van der Waals surface area contributed by atoms with Crippen molar-refractivity contribution in [1.29, 1.82) is 0 Å². The normalized spacial score (nSPS) is 25.8. The Morgan fingerprint density at radius 2 is 2.13 bits per heavy atom. The Hall–Kier alpha value is -0.120. The van der Waals surface area contributed by atoms with E-state index in [1.54, 1.807) is 7.11 Å². The molecule has 1 fully saturated rings. The maximum Gasteiger partial charge on any atom is 0.0715 e. The summed E-state index contributed by atoms with van der Waals surface area (Å²) in [5.41, 5.74) is -0.0276. The van der Waals surface area contributed by atoms with Crippen molar-refractivity contribution in [3.05, 3.63) is 0 Å². The van der Waals surface area contributed by atoms with Gasteiger partial charge in [-0.1, -0.05) is 20.8 Å². The van der Waals surface area contributed by atoms with E-state index in [1.807, 2.05) is 0 Å². The Balaban J connectivity index is 2.43. The quantitative estimate of drug-likeness (QED) is 0.771. The van der Waals surface area contributed by atoms with Crippen LogP contribution in [0.15, 0.2) is 0 Å². The summed E-state index contributed by atoms with van der Waals surface area (Å²) in [4.78, 5) is 2.36. The molecule has 0 aliphatic carbocycles. The summed E-state index contributed by atoms with van der Waals surface area (Å²) >= 11 is 0. The first-order valence-corrected chi connectivity index (χ1v) is 5.86. The summed E-state index contributed by atoms with van der Waals surface area (Å²) in [7, 11) is 1.75. The molecule has 1 saturated heterocycles. The molecule has 0 unspecified atom stereocenters. The van der Waals surface area contributed by atoms with Crippen LogP contribution in [0, 0.1) is 5.41 Å². The predicted molar refractivity (Wildman–Crippen MR) is 61.9 cm³/mol. The lowest BCUT2D eigenvalue weighted by Crippen LogP contribution is -2.43. The van der Waals surface area contributed by atoms with E-state index in [2.05, 4.69) is 25.7 Å². The van der Waals surface area contributed by atoms with Gasteiger partial charge >= 0.3 is 0 Å². The fraction of sp³-hybridized carbons (Fsp3) is 1.00. The van der Waals surface area contributed by atoms with E-state index in [9.17, 15) is 5.11 Å². The summed E-state index contributed by atoms with van der Waals surface area (Å²) < 4.78 is 5.20. The molecule has 0 aromatic carbocycles. The first-order valence-electron chi connectivity index (χ1n) is 5.86. The summed E-state index contributed by atoms with van der Waals surface area (Å²) in [6, 6.07) is 0.506. The molecular weight excluding hydrogens is 190 g/mol. The van der Waals surface area contributed by atoms with Gasteiger partial charge < -0.3 is 9.84 Å². The molecule has 15 heavy (non-hydrogen) atoms. The molecule has 1 aliphatic rings. The molecule has 1 aliphatic heterocycles. The zero-order chi connectivity index (χ0) is 11.5. The molecule has 0 bridgehead atoms. The largest absolute Gasteiger partial charge is 0.391 e. The van der Waals surface area contributed by atoms with Crippen molar-refractivity contribution in [2.75, 3.05) is 26.8 Å². The Morgan fingerprint density at radius 1 is 1.47 bits per heavy atom. The number of aliphatic hydroxyl groups excluding tert-OH is 1. The maximum absolute atomic E-state index is 10.0. The highest BCUT2D eigenvalue weighted by Crippen LogP contribution is 2.24. The number of hydrogen-bond donors (Lipinski definition) is 1. The van der Waals surface area contributed by atoms with Gasteiger partial charge in [-0.25, -0.2) is 0 Å². The molecule has 3 nitrogen and oxygen atoms in total. The van der Waals surface area contributed by atoms with Gasteiger partial charge in [-0.3, -0.25) is 4.90 Å². The fourth-order valence-corrected chi connectivity index (χ4v) is 2.01. The van der Waals surface area contributed by atoms with E-state index >= 15 is 0 Å². The molecule has 90 valence electrons.